The summed E-state index contributed by atoms with van der Waals surface area (Å²) in [6.07, 6.45) is 2.30. The number of fused-ring (bicyclic) bond motifs is 1. The molecule has 7 nitrogen and oxygen atoms in total. The SMILES string of the molecule is CCc1cc2c(NCc3ncon3)nc(NC)nc2s1. The number of hydrogen-bond donors (Lipinski definition) is 2. The molecule has 0 radical (unpaired) electrons. The van der Waals surface area contributed by atoms with Gasteiger partial charge in [0.1, 0.15) is 10.6 Å². The molecule has 2 N–H and O–H groups in total. The van der Waals surface area contributed by atoms with Crippen LogP contribution in [0.25, 0.3) is 10.2 Å². The van der Waals surface area contributed by atoms with Crippen LogP contribution in [0.4, 0.5) is 11.8 Å². The Balaban J connectivity index is 1.96. The lowest BCUT2D eigenvalue weighted by Gasteiger charge is -2.06. The molecular formula is C12H14N6OS. The molecule has 3 rings (SSSR count). The first-order chi connectivity index (χ1) is 9.80. The summed E-state index contributed by atoms with van der Waals surface area (Å²) >= 11 is 1.68. The van der Waals surface area contributed by atoms with Crippen LogP contribution in [0.5, 0.6) is 0 Å². The van der Waals surface area contributed by atoms with Crippen molar-refractivity contribution in [2.24, 2.45) is 0 Å². The van der Waals surface area contributed by atoms with E-state index in [1.165, 1.54) is 11.3 Å². The molecule has 3 aromatic heterocycles. The van der Waals surface area contributed by atoms with Gasteiger partial charge in [0.25, 0.3) is 0 Å². The number of nitrogens with zero attached hydrogens (tertiary/aromatic N) is 4. The molecule has 8 heteroatoms. The Hall–Kier alpha value is -2.22. The molecule has 0 unspecified atom stereocenters. The Labute approximate surface area is 119 Å². The number of nitrogens with one attached hydrogen (secondary N) is 2. The molecule has 0 bridgehead atoms. The number of thiophene rings is 1. The minimum atomic E-state index is 0.461. The van der Waals surface area contributed by atoms with Crippen LogP contribution in [-0.2, 0) is 13.0 Å². The molecule has 20 heavy (non-hydrogen) atoms. The van der Waals surface area contributed by atoms with E-state index in [1.54, 1.807) is 18.4 Å². The molecule has 0 saturated carbocycles. The summed E-state index contributed by atoms with van der Waals surface area (Å²) in [5.41, 5.74) is 0. The van der Waals surface area contributed by atoms with Gasteiger partial charge in [0.05, 0.1) is 11.9 Å². The monoisotopic (exact) mass is 290 g/mol. The standard InChI is InChI=1S/C12H14N6OS/c1-3-7-4-8-10(14-5-9-15-6-19-18-9)16-12(13-2)17-11(8)20-7/h4,6H,3,5H2,1-2H3,(H2,13,14,16,17). The summed E-state index contributed by atoms with van der Waals surface area (Å²) in [5, 5.41) is 11.0. The summed E-state index contributed by atoms with van der Waals surface area (Å²) in [4.78, 5) is 15.2. The highest BCUT2D eigenvalue weighted by atomic mass is 32.1. The quantitative estimate of drug-likeness (QED) is 0.745. The zero-order valence-corrected chi connectivity index (χ0v) is 12.0. The van der Waals surface area contributed by atoms with Gasteiger partial charge in [-0.2, -0.15) is 9.97 Å². The molecule has 0 aromatic carbocycles. The Morgan fingerprint density at radius 2 is 2.25 bits per heavy atom. The first-order valence-electron chi connectivity index (χ1n) is 6.27. The van der Waals surface area contributed by atoms with Crippen LogP contribution >= 0.6 is 11.3 Å². The normalized spacial score (nSPS) is 10.9. The highest BCUT2D eigenvalue weighted by Gasteiger charge is 2.11. The van der Waals surface area contributed by atoms with Gasteiger partial charge in [-0.15, -0.1) is 11.3 Å². The van der Waals surface area contributed by atoms with Crippen LogP contribution < -0.4 is 10.6 Å². The van der Waals surface area contributed by atoms with Gasteiger partial charge in [0, 0.05) is 11.9 Å². The van der Waals surface area contributed by atoms with Crippen LogP contribution in [0.2, 0.25) is 0 Å². The second kappa shape index (κ2) is 5.41. The summed E-state index contributed by atoms with van der Waals surface area (Å²) in [6.45, 7) is 2.59. The zero-order chi connectivity index (χ0) is 13.9. The average molecular weight is 290 g/mol. The fourth-order valence-electron chi connectivity index (χ4n) is 1.83. The van der Waals surface area contributed by atoms with E-state index >= 15 is 0 Å². The third-order valence-corrected chi connectivity index (χ3v) is 4.01. The highest BCUT2D eigenvalue weighted by molar-refractivity contribution is 7.18. The van der Waals surface area contributed by atoms with Crippen molar-refractivity contribution in [3.05, 3.63) is 23.2 Å². The molecule has 0 aliphatic rings. The fourth-order valence-corrected chi connectivity index (χ4v) is 2.79. The van der Waals surface area contributed by atoms with Crippen molar-refractivity contribution < 1.29 is 4.52 Å². The minimum absolute atomic E-state index is 0.461. The van der Waals surface area contributed by atoms with Gasteiger partial charge in [-0.25, -0.2) is 4.98 Å². The van der Waals surface area contributed by atoms with Gasteiger partial charge < -0.3 is 15.2 Å². The third-order valence-electron chi connectivity index (χ3n) is 2.84. The molecule has 0 atom stereocenters. The number of anilines is 2. The van der Waals surface area contributed by atoms with E-state index in [0.29, 0.717) is 18.3 Å². The molecule has 0 spiro atoms. The Morgan fingerprint density at radius 1 is 1.35 bits per heavy atom. The first-order valence-corrected chi connectivity index (χ1v) is 7.09. The van der Waals surface area contributed by atoms with Crippen molar-refractivity contribution in [2.75, 3.05) is 17.7 Å². The van der Waals surface area contributed by atoms with Crippen LogP contribution in [0.15, 0.2) is 17.0 Å². The molecule has 104 valence electrons. The Bertz CT molecular complexity index is 708. The summed E-state index contributed by atoms with van der Waals surface area (Å²) in [5.74, 6) is 1.96. The molecular weight excluding hydrogens is 276 g/mol. The molecule has 0 amide bonds. The van der Waals surface area contributed by atoms with Crippen molar-refractivity contribution in [3.8, 4) is 0 Å². The number of aryl methyl sites for hydroxylation is 1. The molecule has 3 aromatic rings. The van der Waals surface area contributed by atoms with Crippen molar-refractivity contribution in [3.63, 3.8) is 0 Å². The van der Waals surface area contributed by atoms with Gasteiger partial charge in [-0.1, -0.05) is 12.1 Å². The molecule has 3 heterocycles. The van der Waals surface area contributed by atoms with E-state index in [4.69, 9.17) is 4.52 Å². The van der Waals surface area contributed by atoms with E-state index in [1.807, 2.05) is 0 Å². The molecule has 0 aliphatic heterocycles. The van der Waals surface area contributed by atoms with Gasteiger partial charge in [0.2, 0.25) is 12.3 Å². The lowest BCUT2D eigenvalue weighted by Crippen LogP contribution is -2.05. The zero-order valence-electron chi connectivity index (χ0n) is 11.2. The molecule has 0 aliphatic carbocycles. The summed E-state index contributed by atoms with van der Waals surface area (Å²) in [7, 11) is 1.80. The van der Waals surface area contributed by atoms with Gasteiger partial charge in [0.15, 0.2) is 5.82 Å². The van der Waals surface area contributed by atoms with Crippen LogP contribution in [-0.4, -0.2) is 27.2 Å². The van der Waals surface area contributed by atoms with E-state index < -0.39 is 0 Å². The topological polar surface area (TPSA) is 88.8 Å². The van der Waals surface area contributed by atoms with Crippen molar-refractivity contribution in [1.29, 1.82) is 0 Å². The third kappa shape index (κ3) is 2.42. The van der Waals surface area contributed by atoms with Gasteiger partial charge in [-0.3, -0.25) is 0 Å². The van der Waals surface area contributed by atoms with Crippen molar-refractivity contribution >= 4 is 33.3 Å². The largest absolute Gasteiger partial charge is 0.362 e. The van der Waals surface area contributed by atoms with E-state index in [2.05, 4.69) is 43.7 Å². The van der Waals surface area contributed by atoms with Gasteiger partial charge >= 0.3 is 0 Å². The predicted molar refractivity (Wildman–Crippen MR) is 78.0 cm³/mol. The van der Waals surface area contributed by atoms with Crippen LogP contribution in [0.1, 0.15) is 17.6 Å². The molecule has 0 saturated heterocycles. The van der Waals surface area contributed by atoms with Crippen molar-refractivity contribution in [2.45, 2.75) is 19.9 Å². The summed E-state index contributed by atoms with van der Waals surface area (Å²) < 4.78 is 4.71. The maximum atomic E-state index is 4.71. The van der Waals surface area contributed by atoms with E-state index in [9.17, 15) is 0 Å². The number of aromatic nitrogens is 4. The number of rotatable bonds is 5. The fraction of sp³-hybridized carbons (Fsp3) is 0.333. The minimum Gasteiger partial charge on any atom is -0.362 e. The van der Waals surface area contributed by atoms with Crippen molar-refractivity contribution in [1.82, 2.24) is 20.1 Å². The Kier molecular flexibility index (Phi) is 3.46. The smallest absolute Gasteiger partial charge is 0.225 e. The maximum Gasteiger partial charge on any atom is 0.225 e. The second-order valence-electron chi connectivity index (χ2n) is 4.13. The average Bonchev–Trinajstić information content (AvgIpc) is 3.12. The number of hydrogen-bond acceptors (Lipinski definition) is 8. The van der Waals surface area contributed by atoms with Gasteiger partial charge in [-0.05, 0) is 12.5 Å². The lowest BCUT2D eigenvalue weighted by molar-refractivity contribution is 0.411. The molecule has 0 fully saturated rings. The van der Waals surface area contributed by atoms with E-state index in [-0.39, 0.29) is 0 Å². The van der Waals surface area contributed by atoms with Crippen LogP contribution in [0.3, 0.4) is 0 Å². The lowest BCUT2D eigenvalue weighted by atomic mass is 10.3. The highest BCUT2D eigenvalue weighted by Crippen LogP contribution is 2.30. The second-order valence-corrected chi connectivity index (χ2v) is 5.25. The predicted octanol–water partition coefficient (Wildman–Crippen LogP) is 2.29. The summed E-state index contributed by atoms with van der Waals surface area (Å²) in [6, 6.07) is 2.12. The van der Waals surface area contributed by atoms with Crippen LogP contribution in [0, 0.1) is 0 Å². The van der Waals surface area contributed by atoms with E-state index in [0.717, 1.165) is 22.5 Å². The maximum absolute atomic E-state index is 4.71. The Morgan fingerprint density at radius 3 is 2.95 bits per heavy atom. The first kappa shape index (κ1) is 12.8.